The SMILES string of the molecule is CCC/C=C(\c1ccc2oc3ccccc3c2c1)N(CCCCN(CC)CC)Cc1ccc2ccccc2c1. The number of unbranched alkanes of at least 4 members (excludes halogenated alkanes) is 2. The van der Waals surface area contributed by atoms with Crippen LogP contribution in [-0.2, 0) is 6.54 Å². The minimum atomic E-state index is 0.899. The highest BCUT2D eigenvalue weighted by atomic mass is 16.3. The lowest BCUT2D eigenvalue weighted by molar-refractivity contribution is 0.286. The molecule has 0 fully saturated rings. The van der Waals surface area contributed by atoms with Gasteiger partial charge in [-0.1, -0.05) is 87.9 Å². The van der Waals surface area contributed by atoms with Gasteiger partial charge in [0.05, 0.1) is 0 Å². The molecule has 1 aromatic heterocycles. The molecule has 0 radical (unpaired) electrons. The molecule has 0 amide bonds. The van der Waals surface area contributed by atoms with Gasteiger partial charge in [-0.05, 0) is 91.1 Å². The van der Waals surface area contributed by atoms with Crippen molar-refractivity contribution in [2.75, 3.05) is 26.2 Å². The second kappa shape index (κ2) is 13.0. The van der Waals surface area contributed by atoms with Gasteiger partial charge < -0.3 is 14.2 Å². The van der Waals surface area contributed by atoms with Crippen LogP contribution in [0, 0.1) is 0 Å². The molecular weight excluding hydrogens is 476 g/mol. The highest BCUT2D eigenvalue weighted by molar-refractivity contribution is 6.05. The molecule has 202 valence electrons. The van der Waals surface area contributed by atoms with E-state index in [1.807, 2.05) is 6.07 Å². The van der Waals surface area contributed by atoms with E-state index in [4.69, 9.17) is 4.42 Å². The summed E-state index contributed by atoms with van der Waals surface area (Å²) in [6.45, 7) is 12.1. The van der Waals surface area contributed by atoms with Gasteiger partial charge in [-0.25, -0.2) is 0 Å². The zero-order valence-corrected chi connectivity index (χ0v) is 23.8. The van der Waals surface area contributed by atoms with Crippen molar-refractivity contribution in [3.63, 3.8) is 0 Å². The maximum absolute atomic E-state index is 6.15. The van der Waals surface area contributed by atoms with Crippen LogP contribution in [0.2, 0.25) is 0 Å². The summed E-state index contributed by atoms with van der Waals surface area (Å²) < 4.78 is 6.15. The molecule has 0 atom stereocenters. The number of hydrogen-bond acceptors (Lipinski definition) is 3. The van der Waals surface area contributed by atoms with Crippen LogP contribution in [0.15, 0.2) is 95.4 Å². The van der Waals surface area contributed by atoms with E-state index in [0.29, 0.717) is 0 Å². The molecule has 0 spiro atoms. The smallest absolute Gasteiger partial charge is 0.135 e. The largest absolute Gasteiger partial charge is 0.456 e. The quantitative estimate of drug-likeness (QED) is 0.145. The summed E-state index contributed by atoms with van der Waals surface area (Å²) in [5.74, 6) is 0. The van der Waals surface area contributed by atoms with E-state index in [-0.39, 0.29) is 0 Å². The first-order valence-electron chi connectivity index (χ1n) is 14.8. The van der Waals surface area contributed by atoms with E-state index in [1.165, 1.54) is 51.2 Å². The fourth-order valence-electron chi connectivity index (χ4n) is 5.62. The van der Waals surface area contributed by atoms with E-state index < -0.39 is 0 Å². The van der Waals surface area contributed by atoms with Crippen molar-refractivity contribution < 1.29 is 4.42 Å². The van der Waals surface area contributed by atoms with Crippen molar-refractivity contribution in [3.05, 3.63) is 102 Å². The Morgan fingerprint density at radius 1 is 0.718 bits per heavy atom. The van der Waals surface area contributed by atoms with Gasteiger partial charge in [0.1, 0.15) is 11.2 Å². The predicted octanol–water partition coefficient (Wildman–Crippen LogP) is 9.50. The molecule has 0 saturated carbocycles. The third-order valence-corrected chi connectivity index (χ3v) is 7.87. The fraction of sp³-hybridized carbons (Fsp3) is 0.333. The standard InChI is InChI=1S/C36H42N2O/c1-4-7-17-34(31-21-22-36-33(26-31)32-16-10-11-18-35(32)39-36)38(24-13-12-23-37(5-2)6-3)27-28-19-20-29-14-8-9-15-30(29)25-28/h8-11,14-22,25-26H,4-7,12-13,23-24,27H2,1-3H3/b34-17+. The highest BCUT2D eigenvalue weighted by Crippen LogP contribution is 2.33. The molecule has 0 aliphatic rings. The number of hydrogen-bond donors (Lipinski definition) is 0. The van der Waals surface area contributed by atoms with Gasteiger partial charge in [0, 0.05) is 29.6 Å². The maximum Gasteiger partial charge on any atom is 0.135 e. The second-order valence-corrected chi connectivity index (χ2v) is 10.5. The van der Waals surface area contributed by atoms with Gasteiger partial charge in [0.2, 0.25) is 0 Å². The van der Waals surface area contributed by atoms with Gasteiger partial charge in [0.15, 0.2) is 0 Å². The molecule has 0 unspecified atom stereocenters. The monoisotopic (exact) mass is 518 g/mol. The summed E-state index contributed by atoms with van der Waals surface area (Å²) >= 11 is 0. The van der Waals surface area contributed by atoms with Gasteiger partial charge >= 0.3 is 0 Å². The Kier molecular flexibility index (Phi) is 9.00. The Morgan fingerprint density at radius 2 is 1.46 bits per heavy atom. The molecule has 4 aromatic carbocycles. The molecule has 5 rings (SSSR count). The molecule has 0 aliphatic carbocycles. The number of para-hydroxylation sites is 1. The lowest BCUT2D eigenvalue weighted by atomic mass is 10.0. The van der Waals surface area contributed by atoms with Crippen LogP contribution in [0.4, 0.5) is 0 Å². The Hall–Kier alpha value is -3.56. The number of furan rings is 1. The van der Waals surface area contributed by atoms with Crippen LogP contribution in [0.3, 0.4) is 0 Å². The number of allylic oxidation sites excluding steroid dienone is 1. The first-order chi connectivity index (χ1) is 19.2. The Morgan fingerprint density at radius 3 is 2.28 bits per heavy atom. The number of nitrogens with zero attached hydrogens (tertiary/aromatic N) is 2. The van der Waals surface area contributed by atoms with Crippen LogP contribution in [-0.4, -0.2) is 36.0 Å². The van der Waals surface area contributed by atoms with Crippen LogP contribution >= 0.6 is 0 Å². The minimum Gasteiger partial charge on any atom is -0.456 e. The molecule has 3 heteroatoms. The zero-order valence-electron chi connectivity index (χ0n) is 23.8. The number of benzene rings is 4. The lowest BCUT2D eigenvalue weighted by Crippen LogP contribution is -2.26. The van der Waals surface area contributed by atoms with Crippen LogP contribution < -0.4 is 0 Å². The normalized spacial score (nSPS) is 12.3. The lowest BCUT2D eigenvalue weighted by Gasteiger charge is -2.29. The molecule has 3 nitrogen and oxygen atoms in total. The summed E-state index contributed by atoms with van der Waals surface area (Å²) in [5.41, 5.74) is 5.87. The predicted molar refractivity (Wildman–Crippen MR) is 168 cm³/mol. The molecule has 0 saturated heterocycles. The van der Waals surface area contributed by atoms with Gasteiger partial charge in [-0.2, -0.15) is 0 Å². The molecular formula is C36H42N2O. The van der Waals surface area contributed by atoms with Gasteiger partial charge in [-0.15, -0.1) is 0 Å². The van der Waals surface area contributed by atoms with E-state index in [2.05, 4.69) is 116 Å². The first-order valence-corrected chi connectivity index (χ1v) is 14.8. The van der Waals surface area contributed by atoms with Gasteiger partial charge in [-0.3, -0.25) is 0 Å². The summed E-state index contributed by atoms with van der Waals surface area (Å²) in [4.78, 5) is 5.14. The zero-order chi connectivity index (χ0) is 27.0. The van der Waals surface area contributed by atoms with Crippen LogP contribution in [0.5, 0.6) is 0 Å². The average molecular weight is 519 g/mol. The van der Waals surface area contributed by atoms with E-state index >= 15 is 0 Å². The summed E-state index contributed by atoms with van der Waals surface area (Å²) in [6, 6.07) is 30.7. The first kappa shape index (κ1) is 27.0. The molecule has 0 N–H and O–H groups in total. The van der Waals surface area contributed by atoms with Crippen LogP contribution in [0.25, 0.3) is 38.4 Å². The van der Waals surface area contributed by atoms with Crippen molar-refractivity contribution in [2.24, 2.45) is 0 Å². The van der Waals surface area contributed by atoms with E-state index in [1.54, 1.807) is 0 Å². The fourth-order valence-corrected chi connectivity index (χ4v) is 5.62. The molecule has 5 aromatic rings. The third kappa shape index (κ3) is 6.37. The Balaban J connectivity index is 1.49. The summed E-state index contributed by atoms with van der Waals surface area (Å²) in [6.07, 6.45) is 7.03. The van der Waals surface area contributed by atoms with Crippen molar-refractivity contribution >= 4 is 38.4 Å². The molecule has 1 heterocycles. The third-order valence-electron chi connectivity index (χ3n) is 7.87. The van der Waals surface area contributed by atoms with E-state index in [9.17, 15) is 0 Å². The Bertz CT molecular complexity index is 1540. The Labute approximate surface area is 233 Å². The summed E-state index contributed by atoms with van der Waals surface area (Å²) in [5, 5.41) is 4.98. The molecule has 0 aliphatic heterocycles. The van der Waals surface area contributed by atoms with Gasteiger partial charge in [0.25, 0.3) is 0 Å². The van der Waals surface area contributed by atoms with Crippen molar-refractivity contribution in [2.45, 2.75) is 53.0 Å². The molecule has 39 heavy (non-hydrogen) atoms. The number of rotatable bonds is 13. The van der Waals surface area contributed by atoms with Crippen molar-refractivity contribution in [1.82, 2.24) is 9.80 Å². The number of fused-ring (bicyclic) bond motifs is 4. The highest BCUT2D eigenvalue weighted by Gasteiger charge is 2.16. The molecule has 0 bridgehead atoms. The average Bonchev–Trinajstić information content (AvgIpc) is 3.35. The summed E-state index contributed by atoms with van der Waals surface area (Å²) in [7, 11) is 0. The minimum absolute atomic E-state index is 0.899. The maximum atomic E-state index is 6.15. The second-order valence-electron chi connectivity index (χ2n) is 10.5. The van der Waals surface area contributed by atoms with E-state index in [0.717, 1.165) is 56.7 Å². The van der Waals surface area contributed by atoms with Crippen molar-refractivity contribution in [1.29, 1.82) is 0 Å². The topological polar surface area (TPSA) is 19.6 Å². The van der Waals surface area contributed by atoms with Crippen molar-refractivity contribution in [3.8, 4) is 0 Å². The van der Waals surface area contributed by atoms with Crippen LogP contribution in [0.1, 0.15) is 57.6 Å².